The van der Waals surface area contributed by atoms with Gasteiger partial charge in [0, 0.05) is 17.8 Å². The minimum atomic E-state index is -3.65. The number of alkyl halides is 2. The van der Waals surface area contributed by atoms with Gasteiger partial charge in [-0.25, -0.2) is 0 Å². The molecule has 0 saturated heterocycles. The lowest BCUT2D eigenvalue weighted by molar-refractivity contribution is 0.482. The predicted molar refractivity (Wildman–Crippen MR) is 83.3 cm³/mol. The van der Waals surface area contributed by atoms with E-state index in [1.54, 1.807) is 30.6 Å². The molecule has 21 heavy (non-hydrogen) atoms. The lowest BCUT2D eigenvalue weighted by Crippen LogP contribution is -2.15. The maximum Gasteiger partial charge on any atom is 0.309 e. The third kappa shape index (κ3) is 3.59. The Morgan fingerprint density at radius 1 is 1.29 bits per heavy atom. The molecule has 0 amide bonds. The van der Waals surface area contributed by atoms with Crippen molar-refractivity contribution in [2.45, 2.75) is 17.2 Å². The molecular formula is C14H13Cl2NO3S. The van der Waals surface area contributed by atoms with Gasteiger partial charge >= 0.3 is 10.1 Å². The van der Waals surface area contributed by atoms with Gasteiger partial charge in [0.2, 0.25) is 0 Å². The number of nitrogens with zero attached hydrogens (tertiary/aromatic N) is 1. The number of hydrogen-bond acceptors (Lipinski definition) is 4. The zero-order valence-corrected chi connectivity index (χ0v) is 13.3. The fourth-order valence-corrected chi connectivity index (χ4v) is 3.82. The smallest absolute Gasteiger partial charge is 0.309 e. The van der Waals surface area contributed by atoms with Crippen LogP contribution in [-0.4, -0.2) is 23.5 Å². The van der Waals surface area contributed by atoms with E-state index < -0.39 is 14.5 Å². The van der Waals surface area contributed by atoms with Crippen molar-refractivity contribution < 1.29 is 12.6 Å². The predicted octanol–water partition coefficient (Wildman–Crippen LogP) is 3.53. The fourth-order valence-electron chi connectivity index (χ4n) is 2.17. The third-order valence-electron chi connectivity index (χ3n) is 3.51. The summed E-state index contributed by atoms with van der Waals surface area (Å²) in [5.41, 5.74) is 0. The van der Waals surface area contributed by atoms with Crippen LogP contribution in [0.15, 0.2) is 36.7 Å². The second-order valence-corrected chi connectivity index (χ2v) is 8.41. The normalized spacial score (nSPS) is 20.4. The second kappa shape index (κ2) is 5.30. The minimum absolute atomic E-state index is 0.0278. The van der Waals surface area contributed by atoms with E-state index in [9.17, 15) is 8.42 Å². The molecule has 0 radical (unpaired) electrons. The summed E-state index contributed by atoms with van der Waals surface area (Å²) in [5.74, 6) is 0.221. The molecule has 0 N–H and O–H groups in total. The van der Waals surface area contributed by atoms with Gasteiger partial charge < -0.3 is 4.18 Å². The van der Waals surface area contributed by atoms with Crippen molar-refractivity contribution in [3.63, 3.8) is 0 Å². The van der Waals surface area contributed by atoms with Gasteiger partial charge in [0.25, 0.3) is 0 Å². The van der Waals surface area contributed by atoms with Crippen molar-refractivity contribution >= 4 is 44.1 Å². The molecule has 1 aliphatic rings. The van der Waals surface area contributed by atoms with Crippen LogP contribution in [0.1, 0.15) is 12.8 Å². The Labute approximate surface area is 133 Å². The summed E-state index contributed by atoms with van der Waals surface area (Å²) < 4.78 is 28.3. The number of hydrogen-bond donors (Lipinski definition) is 0. The summed E-state index contributed by atoms with van der Waals surface area (Å²) in [7, 11) is -3.65. The van der Waals surface area contributed by atoms with Gasteiger partial charge in [-0.1, -0.05) is 6.07 Å². The zero-order valence-electron chi connectivity index (χ0n) is 11.0. The Bertz CT molecular complexity index is 777. The highest BCUT2D eigenvalue weighted by Crippen LogP contribution is 2.55. The maximum absolute atomic E-state index is 12.0. The van der Waals surface area contributed by atoms with Gasteiger partial charge in [0.1, 0.15) is 10.1 Å². The molecule has 1 unspecified atom stereocenters. The van der Waals surface area contributed by atoms with Crippen molar-refractivity contribution in [3.8, 4) is 5.75 Å². The van der Waals surface area contributed by atoms with E-state index in [0.29, 0.717) is 12.8 Å². The van der Waals surface area contributed by atoms with E-state index in [-0.39, 0.29) is 17.4 Å². The summed E-state index contributed by atoms with van der Waals surface area (Å²) >= 11 is 11.8. The van der Waals surface area contributed by atoms with Crippen LogP contribution < -0.4 is 4.18 Å². The van der Waals surface area contributed by atoms with Crippen molar-refractivity contribution in [1.29, 1.82) is 0 Å². The quantitative estimate of drug-likeness (QED) is 0.614. The molecule has 1 aliphatic carbocycles. The molecule has 0 aliphatic heterocycles. The first-order valence-electron chi connectivity index (χ1n) is 6.49. The number of pyridine rings is 1. The molecule has 1 heterocycles. The molecule has 2 aromatic rings. The Hall–Kier alpha value is -1.04. The van der Waals surface area contributed by atoms with Crippen molar-refractivity contribution in [3.05, 3.63) is 36.7 Å². The summed E-state index contributed by atoms with van der Waals surface area (Å²) in [6.07, 6.45) is 4.38. The van der Waals surface area contributed by atoms with E-state index >= 15 is 0 Å². The topological polar surface area (TPSA) is 56.3 Å². The highest BCUT2D eigenvalue weighted by atomic mass is 35.5. The first kappa shape index (κ1) is 14.9. The highest BCUT2D eigenvalue weighted by molar-refractivity contribution is 7.87. The Morgan fingerprint density at radius 3 is 2.76 bits per heavy atom. The molecule has 1 atom stereocenters. The first-order valence-corrected chi connectivity index (χ1v) is 8.83. The van der Waals surface area contributed by atoms with Gasteiger partial charge in [0.15, 0.2) is 0 Å². The molecule has 1 aromatic heterocycles. The average molecular weight is 346 g/mol. The molecule has 7 heteroatoms. The molecule has 4 nitrogen and oxygen atoms in total. The van der Waals surface area contributed by atoms with Crippen LogP contribution in [0.2, 0.25) is 0 Å². The fraction of sp³-hybridized carbons (Fsp3) is 0.357. The zero-order chi connectivity index (χ0) is 15.1. The van der Waals surface area contributed by atoms with Crippen LogP contribution in [0.3, 0.4) is 0 Å². The highest BCUT2D eigenvalue weighted by Gasteiger charge is 2.51. The molecule has 112 valence electrons. The maximum atomic E-state index is 12.0. The second-order valence-electron chi connectivity index (χ2n) is 5.18. The number of halogens is 2. The molecular weight excluding hydrogens is 333 g/mol. The molecule has 1 saturated carbocycles. The molecule has 0 spiro atoms. The Kier molecular flexibility index (Phi) is 3.76. The summed E-state index contributed by atoms with van der Waals surface area (Å²) in [6.45, 7) is 0. The molecule has 3 rings (SSSR count). The third-order valence-corrected chi connectivity index (χ3v) is 5.62. The van der Waals surface area contributed by atoms with Crippen molar-refractivity contribution in [2.75, 3.05) is 5.75 Å². The van der Waals surface area contributed by atoms with Gasteiger partial charge in [-0.2, -0.15) is 8.42 Å². The number of benzene rings is 1. The number of rotatable bonds is 5. The first-order chi connectivity index (χ1) is 9.86. The average Bonchev–Trinajstić information content (AvgIpc) is 3.04. The Balaban J connectivity index is 1.68. The standard InChI is InChI=1S/C14H13Cl2NO3S/c15-14(16)8-12(14)4-6-21(18,19)20-13-2-1-10-3-5-17-9-11(10)7-13/h1-3,5,7,9,12H,4,6,8H2. The Morgan fingerprint density at radius 2 is 2.05 bits per heavy atom. The van der Waals surface area contributed by atoms with Crippen LogP contribution in [0.25, 0.3) is 10.8 Å². The van der Waals surface area contributed by atoms with Crippen molar-refractivity contribution in [2.24, 2.45) is 5.92 Å². The molecule has 0 bridgehead atoms. The largest absolute Gasteiger partial charge is 0.382 e. The number of aromatic nitrogens is 1. The van der Waals surface area contributed by atoms with Crippen molar-refractivity contribution in [1.82, 2.24) is 4.98 Å². The van der Waals surface area contributed by atoms with E-state index in [1.807, 2.05) is 6.07 Å². The van der Waals surface area contributed by atoms with E-state index in [4.69, 9.17) is 27.4 Å². The van der Waals surface area contributed by atoms with Crippen LogP contribution >= 0.6 is 23.2 Å². The molecule has 1 fully saturated rings. The lowest BCUT2D eigenvalue weighted by Gasteiger charge is -2.08. The summed E-state index contributed by atoms with van der Waals surface area (Å²) in [4.78, 5) is 4.00. The van der Waals surface area contributed by atoms with Crippen LogP contribution in [0, 0.1) is 5.92 Å². The SMILES string of the molecule is O=S(=O)(CCC1CC1(Cl)Cl)Oc1ccc2ccncc2c1. The van der Waals surface area contributed by atoms with E-state index in [1.165, 1.54) is 0 Å². The van der Waals surface area contributed by atoms with Gasteiger partial charge in [-0.05, 0) is 42.3 Å². The van der Waals surface area contributed by atoms with E-state index in [2.05, 4.69) is 4.98 Å². The summed E-state index contributed by atoms with van der Waals surface area (Å²) in [5, 5.41) is 1.80. The lowest BCUT2D eigenvalue weighted by atomic mass is 10.2. The van der Waals surface area contributed by atoms with Gasteiger partial charge in [-0.3, -0.25) is 4.98 Å². The van der Waals surface area contributed by atoms with Gasteiger partial charge in [-0.15, -0.1) is 23.2 Å². The minimum Gasteiger partial charge on any atom is -0.382 e. The van der Waals surface area contributed by atoms with Crippen LogP contribution in [-0.2, 0) is 10.1 Å². The monoisotopic (exact) mass is 345 g/mol. The molecule has 1 aromatic carbocycles. The van der Waals surface area contributed by atoms with Crippen LogP contribution in [0.4, 0.5) is 0 Å². The van der Waals surface area contributed by atoms with Crippen LogP contribution in [0.5, 0.6) is 5.75 Å². The number of fused-ring (bicyclic) bond motifs is 1. The van der Waals surface area contributed by atoms with Gasteiger partial charge in [0.05, 0.1) is 5.75 Å². The van der Waals surface area contributed by atoms with E-state index in [0.717, 1.165) is 10.8 Å². The summed E-state index contributed by atoms with van der Waals surface area (Å²) in [6, 6.07) is 6.93.